The maximum absolute atomic E-state index is 13.1. The van der Waals surface area contributed by atoms with Crippen molar-refractivity contribution in [3.05, 3.63) is 36.2 Å². The number of carbonyl (C=O) groups is 1. The number of anilines is 1. The second kappa shape index (κ2) is 7.19. The van der Waals surface area contributed by atoms with E-state index in [1.807, 2.05) is 0 Å². The minimum atomic E-state index is -4.57. The van der Waals surface area contributed by atoms with Gasteiger partial charge in [-0.2, -0.15) is 23.4 Å². The van der Waals surface area contributed by atoms with Crippen LogP contribution in [0.1, 0.15) is 31.2 Å². The van der Waals surface area contributed by atoms with Crippen molar-refractivity contribution >= 4 is 11.7 Å². The van der Waals surface area contributed by atoms with Gasteiger partial charge in [0, 0.05) is 44.1 Å². The summed E-state index contributed by atoms with van der Waals surface area (Å²) in [5.41, 5.74) is -1.49. The molecule has 1 aliphatic rings. The molecular formula is C17H15F3N6O. The molecule has 3 rings (SSSR count). The smallest absolute Gasteiger partial charge is 0.309 e. The lowest BCUT2D eigenvalue weighted by Crippen LogP contribution is -2.18. The van der Waals surface area contributed by atoms with Crippen LogP contribution >= 0.6 is 0 Å². The SMILES string of the molecule is C#CCCC1(CCC(=O)Nc2ccn(-c3ncccc3C(F)(F)F)n2)N=N1. The summed E-state index contributed by atoms with van der Waals surface area (Å²) in [7, 11) is 0. The van der Waals surface area contributed by atoms with Gasteiger partial charge >= 0.3 is 6.18 Å². The van der Waals surface area contributed by atoms with Crippen LogP contribution in [0.4, 0.5) is 19.0 Å². The largest absolute Gasteiger partial charge is 0.420 e. The summed E-state index contributed by atoms with van der Waals surface area (Å²) in [4.78, 5) is 15.8. The molecule has 0 saturated carbocycles. The Kier molecular flexibility index (Phi) is 4.94. The van der Waals surface area contributed by atoms with Gasteiger partial charge in [0.2, 0.25) is 5.91 Å². The first-order chi connectivity index (χ1) is 12.8. The van der Waals surface area contributed by atoms with Crippen LogP contribution in [0.15, 0.2) is 40.8 Å². The normalized spacial score (nSPS) is 14.6. The molecule has 1 amide bonds. The van der Waals surface area contributed by atoms with Crippen molar-refractivity contribution in [1.29, 1.82) is 0 Å². The molecule has 1 aliphatic heterocycles. The molecule has 3 heterocycles. The molecule has 0 fully saturated rings. The highest BCUT2D eigenvalue weighted by atomic mass is 19.4. The van der Waals surface area contributed by atoms with E-state index in [1.54, 1.807) is 0 Å². The highest BCUT2D eigenvalue weighted by Crippen LogP contribution is 2.37. The van der Waals surface area contributed by atoms with Gasteiger partial charge in [-0.15, -0.1) is 17.4 Å². The predicted octanol–water partition coefficient (Wildman–Crippen LogP) is 3.58. The lowest BCUT2D eigenvalue weighted by atomic mass is 10.0. The van der Waals surface area contributed by atoms with Crippen LogP contribution in [0, 0.1) is 12.3 Å². The first-order valence-corrected chi connectivity index (χ1v) is 8.09. The fraction of sp³-hybridized carbons (Fsp3) is 0.353. The van der Waals surface area contributed by atoms with Gasteiger partial charge in [-0.1, -0.05) is 0 Å². The van der Waals surface area contributed by atoms with Gasteiger partial charge in [0.15, 0.2) is 17.3 Å². The molecule has 0 aliphatic carbocycles. The van der Waals surface area contributed by atoms with E-state index in [2.05, 4.69) is 31.5 Å². The molecule has 0 spiro atoms. The van der Waals surface area contributed by atoms with E-state index in [0.717, 1.165) is 10.7 Å². The maximum atomic E-state index is 13.1. The third-order valence-electron chi connectivity index (χ3n) is 3.97. The van der Waals surface area contributed by atoms with Crippen LogP contribution in [0.25, 0.3) is 5.82 Å². The molecule has 1 N–H and O–H groups in total. The summed E-state index contributed by atoms with van der Waals surface area (Å²) in [5, 5.41) is 14.4. The molecule has 27 heavy (non-hydrogen) atoms. The number of terminal acetylenes is 1. The quantitative estimate of drug-likeness (QED) is 0.750. The van der Waals surface area contributed by atoms with Crippen molar-refractivity contribution in [2.45, 2.75) is 37.5 Å². The van der Waals surface area contributed by atoms with Crippen molar-refractivity contribution in [3.8, 4) is 18.2 Å². The number of carbonyl (C=O) groups excluding carboxylic acids is 1. The van der Waals surface area contributed by atoms with E-state index in [1.165, 1.54) is 24.5 Å². The number of nitrogens with zero attached hydrogens (tertiary/aromatic N) is 5. The Balaban J connectivity index is 1.62. The fourth-order valence-electron chi connectivity index (χ4n) is 2.50. The zero-order valence-electron chi connectivity index (χ0n) is 14.1. The minimum absolute atomic E-state index is 0.126. The number of hydrogen-bond acceptors (Lipinski definition) is 5. The van der Waals surface area contributed by atoms with Gasteiger partial charge < -0.3 is 5.32 Å². The van der Waals surface area contributed by atoms with E-state index in [4.69, 9.17) is 6.42 Å². The zero-order chi connectivity index (χ0) is 19.5. The Bertz CT molecular complexity index is 906. The second-order valence-electron chi connectivity index (χ2n) is 5.95. The first kappa shape index (κ1) is 18.6. The summed E-state index contributed by atoms with van der Waals surface area (Å²) < 4.78 is 40.2. The summed E-state index contributed by atoms with van der Waals surface area (Å²) in [5.74, 6) is 1.93. The average Bonchev–Trinajstić information content (AvgIpc) is 3.26. The summed E-state index contributed by atoms with van der Waals surface area (Å²) in [6.45, 7) is 0. The molecule has 7 nitrogen and oxygen atoms in total. The van der Waals surface area contributed by atoms with E-state index >= 15 is 0 Å². The van der Waals surface area contributed by atoms with E-state index in [-0.39, 0.29) is 24.0 Å². The molecule has 10 heteroatoms. The maximum Gasteiger partial charge on any atom is 0.420 e. The number of amides is 1. The monoisotopic (exact) mass is 376 g/mol. The highest BCUT2D eigenvalue weighted by molar-refractivity contribution is 5.89. The Hall–Kier alpha value is -3.22. The van der Waals surface area contributed by atoms with Crippen molar-refractivity contribution in [2.24, 2.45) is 10.2 Å². The Labute approximate surface area is 152 Å². The molecule has 0 saturated heterocycles. The first-order valence-electron chi connectivity index (χ1n) is 8.09. The minimum Gasteiger partial charge on any atom is -0.309 e. The molecule has 0 aromatic carbocycles. The highest BCUT2D eigenvalue weighted by Gasteiger charge is 2.39. The molecular weight excluding hydrogens is 361 g/mol. The van der Waals surface area contributed by atoms with Crippen molar-refractivity contribution < 1.29 is 18.0 Å². The second-order valence-corrected chi connectivity index (χ2v) is 5.95. The standard InChI is InChI=1S/C17H15F3N6O/c1-2-3-8-16(24-25-16)9-6-14(27)22-13-7-11-26(23-13)15-12(17(18,19)20)5-4-10-21-15/h1,4-5,7,10-11H,3,6,8-9H2,(H,22,23,27). The summed E-state index contributed by atoms with van der Waals surface area (Å²) in [6, 6.07) is 3.51. The molecule has 0 bridgehead atoms. The summed E-state index contributed by atoms with van der Waals surface area (Å²) >= 11 is 0. The number of nitrogens with one attached hydrogen (secondary N) is 1. The van der Waals surface area contributed by atoms with Crippen LogP contribution < -0.4 is 5.32 Å². The Morgan fingerprint density at radius 1 is 1.30 bits per heavy atom. The van der Waals surface area contributed by atoms with Crippen LogP contribution in [-0.2, 0) is 11.0 Å². The van der Waals surface area contributed by atoms with Crippen molar-refractivity contribution in [1.82, 2.24) is 14.8 Å². The van der Waals surface area contributed by atoms with E-state index in [0.29, 0.717) is 19.3 Å². The fourth-order valence-corrected chi connectivity index (χ4v) is 2.50. The van der Waals surface area contributed by atoms with Gasteiger partial charge in [-0.3, -0.25) is 4.79 Å². The number of alkyl halides is 3. The lowest BCUT2D eigenvalue weighted by Gasteiger charge is -2.11. The van der Waals surface area contributed by atoms with E-state index < -0.39 is 17.4 Å². The molecule has 2 aromatic heterocycles. The van der Waals surface area contributed by atoms with Crippen LogP contribution in [-0.4, -0.2) is 26.3 Å². The number of aromatic nitrogens is 3. The van der Waals surface area contributed by atoms with Crippen molar-refractivity contribution in [2.75, 3.05) is 5.32 Å². The van der Waals surface area contributed by atoms with Gasteiger partial charge in [0.25, 0.3) is 0 Å². The van der Waals surface area contributed by atoms with Gasteiger partial charge in [0.1, 0.15) is 5.56 Å². The third kappa shape index (κ3) is 4.49. The van der Waals surface area contributed by atoms with Crippen LogP contribution in [0.2, 0.25) is 0 Å². The van der Waals surface area contributed by atoms with Crippen LogP contribution in [0.3, 0.4) is 0 Å². The molecule has 0 radical (unpaired) electrons. The molecule has 140 valence electrons. The topological polar surface area (TPSA) is 84.5 Å². The van der Waals surface area contributed by atoms with Gasteiger partial charge in [-0.05, 0) is 12.1 Å². The molecule has 2 aromatic rings. The Morgan fingerprint density at radius 2 is 2.07 bits per heavy atom. The lowest BCUT2D eigenvalue weighted by molar-refractivity contribution is -0.137. The molecule has 0 unspecified atom stereocenters. The summed E-state index contributed by atoms with van der Waals surface area (Å²) in [6.07, 6.45) is 4.85. The number of rotatable bonds is 7. The zero-order valence-corrected chi connectivity index (χ0v) is 14.1. The van der Waals surface area contributed by atoms with Crippen LogP contribution in [0.5, 0.6) is 0 Å². The number of halogens is 3. The van der Waals surface area contributed by atoms with Gasteiger partial charge in [-0.25, -0.2) is 9.67 Å². The number of pyridine rings is 1. The Morgan fingerprint density at radius 3 is 2.74 bits per heavy atom. The average molecular weight is 376 g/mol. The van der Waals surface area contributed by atoms with Gasteiger partial charge in [0.05, 0.1) is 0 Å². The predicted molar refractivity (Wildman–Crippen MR) is 89.9 cm³/mol. The number of hydrogen-bond donors (Lipinski definition) is 1. The van der Waals surface area contributed by atoms with Crippen molar-refractivity contribution in [3.63, 3.8) is 0 Å². The third-order valence-corrected chi connectivity index (χ3v) is 3.97. The molecule has 0 atom stereocenters. The van der Waals surface area contributed by atoms with E-state index in [9.17, 15) is 18.0 Å².